The van der Waals surface area contributed by atoms with Crippen LogP contribution in [0.3, 0.4) is 0 Å². The summed E-state index contributed by atoms with van der Waals surface area (Å²) in [5.41, 5.74) is 1.40. The zero-order chi connectivity index (χ0) is 24.2. The van der Waals surface area contributed by atoms with Crippen molar-refractivity contribution in [2.45, 2.75) is 37.6 Å². The molecule has 2 amide bonds. The smallest absolute Gasteiger partial charge is 0.253 e. The van der Waals surface area contributed by atoms with Gasteiger partial charge in [-0.2, -0.15) is 5.26 Å². The number of likely N-dealkylation sites (tertiary alicyclic amines) is 1. The standard InChI is InChI=1S/C23H25N5O6/c24-9-15-7-14(16-8-21(26-12-25-16)27-22(32)13-1-2-13)3-4-19(15)34-20-5-6-28(10-17(20)30)23(33)18(31)11-29/h3-4,7-8,12-13,17-18,20,29-31H,1-2,5-6,10-11H2,(H,25,26,27,32)/t17-,18+,20+/m1/s1. The second-order valence-electron chi connectivity index (χ2n) is 8.37. The molecule has 1 aromatic carbocycles. The molecule has 4 N–H and O–H groups in total. The minimum absolute atomic E-state index is 0.0418. The van der Waals surface area contributed by atoms with Crippen molar-refractivity contribution in [3.63, 3.8) is 0 Å². The molecule has 3 atom stereocenters. The van der Waals surface area contributed by atoms with E-state index in [1.165, 1.54) is 11.2 Å². The molecule has 2 heterocycles. The Morgan fingerprint density at radius 1 is 1.26 bits per heavy atom. The molecule has 4 rings (SSSR count). The van der Waals surface area contributed by atoms with Gasteiger partial charge in [-0.1, -0.05) is 0 Å². The average Bonchev–Trinajstić information content (AvgIpc) is 3.70. The molecule has 34 heavy (non-hydrogen) atoms. The molecular weight excluding hydrogens is 442 g/mol. The zero-order valence-electron chi connectivity index (χ0n) is 18.3. The van der Waals surface area contributed by atoms with E-state index in [1.54, 1.807) is 24.3 Å². The van der Waals surface area contributed by atoms with E-state index < -0.39 is 30.8 Å². The van der Waals surface area contributed by atoms with E-state index in [9.17, 15) is 25.1 Å². The highest BCUT2D eigenvalue weighted by molar-refractivity contribution is 5.93. The molecule has 11 heteroatoms. The number of rotatable bonds is 7. The van der Waals surface area contributed by atoms with Gasteiger partial charge in [0.1, 0.15) is 36.2 Å². The van der Waals surface area contributed by atoms with Crippen molar-refractivity contribution in [1.82, 2.24) is 14.9 Å². The summed E-state index contributed by atoms with van der Waals surface area (Å²) in [6.45, 7) is -0.519. The van der Waals surface area contributed by atoms with Crippen LogP contribution in [-0.2, 0) is 9.59 Å². The Hall–Kier alpha value is -3.59. The van der Waals surface area contributed by atoms with Crippen LogP contribution in [0.4, 0.5) is 5.82 Å². The minimum atomic E-state index is -1.52. The van der Waals surface area contributed by atoms with Gasteiger partial charge in [0.25, 0.3) is 5.91 Å². The summed E-state index contributed by atoms with van der Waals surface area (Å²) in [6.07, 6.45) is 0.176. The van der Waals surface area contributed by atoms with Crippen LogP contribution >= 0.6 is 0 Å². The molecule has 1 aliphatic heterocycles. The lowest BCUT2D eigenvalue weighted by atomic mass is 10.0. The van der Waals surface area contributed by atoms with Crippen LogP contribution in [0.15, 0.2) is 30.6 Å². The number of nitrogens with one attached hydrogen (secondary N) is 1. The number of aliphatic hydroxyl groups excluding tert-OH is 3. The fourth-order valence-corrected chi connectivity index (χ4v) is 3.74. The van der Waals surface area contributed by atoms with E-state index in [2.05, 4.69) is 21.4 Å². The highest BCUT2D eigenvalue weighted by Crippen LogP contribution is 2.31. The lowest BCUT2D eigenvalue weighted by Crippen LogP contribution is -2.53. The molecule has 0 radical (unpaired) electrons. The number of aliphatic hydroxyl groups is 3. The Balaban J connectivity index is 1.44. The van der Waals surface area contributed by atoms with Gasteiger partial charge in [-0.05, 0) is 31.0 Å². The summed E-state index contributed by atoms with van der Waals surface area (Å²) < 4.78 is 5.89. The summed E-state index contributed by atoms with van der Waals surface area (Å²) >= 11 is 0. The number of nitrogens with zero attached hydrogens (tertiary/aromatic N) is 4. The fourth-order valence-electron chi connectivity index (χ4n) is 3.74. The fraction of sp³-hybridized carbons (Fsp3) is 0.435. The van der Waals surface area contributed by atoms with Crippen LogP contribution in [0.1, 0.15) is 24.8 Å². The molecule has 11 nitrogen and oxygen atoms in total. The van der Waals surface area contributed by atoms with Crippen molar-refractivity contribution >= 4 is 17.6 Å². The number of anilines is 1. The molecule has 1 saturated heterocycles. The highest BCUT2D eigenvalue weighted by atomic mass is 16.5. The first kappa shape index (κ1) is 23.6. The SMILES string of the molecule is N#Cc1cc(-c2cc(NC(=O)C3CC3)ncn2)ccc1O[C@H]1CCN(C(=O)[C@@H](O)CO)C[C@H]1O. The van der Waals surface area contributed by atoms with Crippen molar-refractivity contribution in [3.05, 3.63) is 36.2 Å². The molecule has 2 aliphatic rings. The quantitative estimate of drug-likeness (QED) is 0.440. The van der Waals surface area contributed by atoms with Gasteiger partial charge in [0.15, 0.2) is 6.10 Å². The summed E-state index contributed by atoms with van der Waals surface area (Å²) in [5.74, 6) is -0.0127. The van der Waals surface area contributed by atoms with Crippen molar-refractivity contribution in [2.24, 2.45) is 5.92 Å². The van der Waals surface area contributed by atoms with Crippen molar-refractivity contribution in [1.29, 1.82) is 5.26 Å². The molecule has 0 bridgehead atoms. The average molecular weight is 467 g/mol. The lowest BCUT2D eigenvalue weighted by molar-refractivity contribution is -0.147. The third-order valence-corrected chi connectivity index (χ3v) is 5.83. The molecule has 0 unspecified atom stereocenters. The first-order valence-corrected chi connectivity index (χ1v) is 11.0. The van der Waals surface area contributed by atoms with Gasteiger partial charge < -0.3 is 30.3 Å². The monoisotopic (exact) mass is 467 g/mol. The van der Waals surface area contributed by atoms with Gasteiger partial charge >= 0.3 is 0 Å². The van der Waals surface area contributed by atoms with Crippen LogP contribution in [0.2, 0.25) is 0 Å². The maximum Gasteiger partial charge on any atom is 0.253 e. The molecule has 1 aromatic heterocycles. The summed E-state index contributed by atoms with van der Waals surface area (Å²) in [4.78, 5) is 33.6. The van der Waals surface area contributed by atoms with Crippen LogP contribution in [-0.4, -0.2) is 80.0 Å². The number of nitriles is 1. The Kier molecular flexibility index (Phi) is 7.02. The largest absolute Gasteiger partial charge is 0.486 e. The van der Waals surface area contributed by atoms with Crippen LogP contribution in [0.5, 0.6) is 5.75 Å². The number of carbonyl (C=O) groups excluding carboxylic acids is 2. The van der Waals surface area contributed by atoms with Crippen molar-refractivity contribution in [2.75, 3.05) is 25.0 Å². The van der Waals surface area contributed by atoms with Crippen LogP contribution in [0, 0.1) is 17.2 Å². The summed E-state index contributed by atoms with van der Waals surface area (Å²) in [7, 11) is 0. The molecule has 2 fully saturated rings. The normalized spacial score (nSPS) is 20.8. The Morgan fingerprint density at radius 3 is 2.74 bits per heavy atom. The molecule has 2 aromatic rings. The van der Waals surface area contributed by atoms with Gasteiger partial charge in [0.2, 0.25) is 5.91 Å². The predicted molar refractivity (Wildman–Crippen MR) is 118 cm³/mol. The van der Waals surface area contributed by atoms with E-state index in [-0.39, 0.29) is 42.6 Å². The Bertz CT molecular complexity index is 1120. The van der Waals surface area contributed by atoms with Gasteiger partial charge in [-0.15, -0.1) is 0 Å². The number of piperidine rings is 1. The van der Waals surface area contributed by atoms with E-state index >= 15 is 0 Å². The number of benzene rings is 1. The number of amides is 2. The zero-order valence-corrected chi connectivity index (χ0v) is 18.3. The maximum absolute atomic E-state index is 12.0. The topological polar surface area (TPSA) is 169 Å². The number of β-amino-alcohol motifs (C(OH)–C–C–N with tert-alkyl or cyclic N) is 1. The predicted octanol–water partition coefficient (Wildman–Crippen LogP) is 0.0576. The number of ether oxygens (including phenoxy) is 1. The van der Waals surface area contributed by atoms with Crippen LogP contribution in [0.25, 0.3) is 11.3 Å². The summed E-state index contributed by atoms with van der Waals surface area (Å²) in [5, 5.41) is 41.3. The van der Waals surface area contributed by atoms with E-state index in [0.717, 1.165) is 12.8 Å². The minimum Gasteiger partial charge on any atom is -0.486 e. The van der Waals surface area contributed by atoms with E-state index in [1.807, 2.05) is 0 Å². The second-order valence-corrected chi connectivity index (χ2v) is 8.37. The van der Waals surface area contributed by atoms with E-state index in [4.69, 9.17) is 9.84 Å². The first-order chi connectivity index (χ1) is 16.4. The van der Waals surface area contributed by atoms with Crippen molar-refractivity contribution in [3.8, 4) is 23.1 Å². The summed E-state index contributed by atoms with van der Waals surface area (Å²) in [6, 6.07) is 8.65. The third-order valence-electron chi connectivity index (χ3n) is 5.83. The Morgan fingerprint density at radius 2 is 2.06 bits per heavy atom. The van der Waals surface area contributed by atoms with Gasteiger partial charge in [0, 0.05) is 30.5 Å². The van der Waals surface area contributed by atoms with E-state index in [0.29, 0.717) is 17.1 Å². The number of carbonyl (C=O) groups is 2. The highest BCUT2D eigenvalue weighted by Gasteiger charge is 2.34. The van der Waals surface area contributed by atoms with Crippen LogP contribution < -0.4 is 10.1 Å². The number of hydrogen-bond donors (Lipinski definition) is 4. The van der Waals surface area contributed by atoms with Crippen molar-refractivity contribution < 1.29 is 29.6 Å². The Labute approximate surface area is 195 Å². The molecule has 0 spiro atoms. The lowest BCUT2D eigenvalue weighted by Gasteiger charge is -2.36. The molecule has 1 saturated carbocycles. The van der Waals surface area contributed by atoms with Gasteiger partial charge in [-0.3, -0.25) is 9.59 Å². The maximum atomic E-state index is 12.0. The molecule has 1 aliphatic carbocycles. The number of hydrogen-bond acceptors (Lipinski definition) is 9. The van der Waals surface area contributed by atoms with Gasteiger partial charge in [0.05, 0.1) is 24.4 Å². The van der Waals surface area contributed by atoms with Gasteiger partial charge in [-0.25, -0.2) is 9.97 Å². The third kappa shape index (κ3) is 5.31. The first-order valence-electron chi connectivity index (χ1n) is 11.0. The second kappa shape index (κ2) is 10.1. The molecule has 178 valence electrons. The molecular formula is C23H25N5O6. The number of aromatic nitrogens is 2.